The summed E-state index contributed by atoms with van der Waals surface area (Å²) in [6.45, 7) is 1.53. The van der Waals surface area contributed by atoms with Crippen LogP contribution in [0.15, 0.2) is 12.4 Å². The molecule has 8 amide bonds. The molecule has 0 radical (unpaired) electrons. The van der Waals surface area contributed by atoms with Crippen LogP contribution in [0.4, 0.5) is 0 Å². The Bertz CT molecular complexity index is 2320. The van der Waals surface area contributed by atoms with Crippen molar-refractivity contribution in [3.8, 4) is 0 Å². The molecule has 2 aromatic heterocycles. The third-order valence-electron chi connectivity index (χ3n) is 13.8. The Morgan fingerprint density at radius 2 is 0.744 bits per heavy atom. The number of amides is 8. The van der Waals surface area contributed by atoms with E-state index in [1.807, 2.05) is 0 Å². The van der Waals surface area contributed by atoms with Crippen molar-refractivity contribution in [2.24, 2.45) is 45.9 Å². The Morgan fingerprint density at radius 1 is 0.422 bits per heavy atom. The maximum atomic E-state index is 13.5. The van der Waals surface area contributed by atoms with Gasteiger partial charge in [0.15, 0.2) is 0 Å². The number of carbonyl (C=O) groups excluding carboxylic acids is 10. The average Bonchev–Trinajstić information content (AvgIpc) is 4.31. The zero-order valence-corrected chi connectivity index (χ0v) is 53.6. The average molecular weight is 1310 g/mol. The highest BCUT2D eigenvalue weighted by molar-refractivity contribution is 8.76. The molecular weight excluding hydrogens is 1210 g/mol. The molecule has 24 N–H and O–H groups in total. The number of aromatic nitrogens is 6. The fourth-order valence-electron chi connectivity index (χ4n) is 8.51. The fraction of sp³-hybridized carbons (Fsp3) is 0.741. The van der Waals surface area contributed by atoms with E-state index in [2.05, 4.69) is 63.2 Å². The monoisotopic (exact) mass is 1310 g/mol. The van der Waals surface area contributed by atoms with Gasteiger partial charge in [0.1, 0.15) is 48.6 Å². The first-order valence-corrected chi connectivity index (χ1v) is 33.0. The Labute approximate surface area is 533 Å². The minimum atomic E-state index is -1.16. The van der Waals surface area contributed by atoms with Gasteiger partial charge >= 0.3 is 11.9 Å². The lowest BCUT2D eigenvalue weighted by atomic mass is 10.1. The predicted octanol–water partition coefficient (Wildman–Crippen LogP) is -5.13. The van der Waals surface area contributed by atoms with Crippen LogP contribution >= 0.6 is 21.6 Å². The second kappa shape index (κ2) is 47.3. The van der Waals surface area contributed by atoms with Crippen molar-refractivity contribution >= 4 is 80.8 Å². The summed E-state index contributed by atoms with van der Waals surface area (Å²) in [5.74, 6) is -5.52. The van der Waals surface area contributed by atoms with Crippen LogP contribution in [0.5, 0.6) is 0 Å². The fourth-order valence-corrected chi connectivity index (χ4v) is 10.8. The van der Waals surface area contributed by atoms with Gasteiger partial charge in [-0.1, -0.05) is 57.7 Å². The number of carbonyl (C=O) groups is 10. The lowest BCUT2D eigenvalue weighted by molar-refractivity contribution is -0.144. The van der Waals surface area contributed by atoms with E-state index in [1.54, 1.807) is 0 Å². The number of unbranched alkanes of at least 4 members (excludes halogenated alkanes) is 6. The van der Waals surface area contributed by atoms with Gasteiger partial charge in [0, 0.05) is 24.6 Å². The number of esters is 2. The molecule has 0 aliphatic rings. The number of hydrogen-bond acceptors (Lipinski definition) is 26. The van der Waals surface area contributed by atoms with E-state index < -0.39 is 95.7 Å². The normalized spacial score (nSPS) is 13.8. The highest BCUT2D eigenvalue weighted by Crippen LogP contribution is 2.24. The summed E-state index contributed by atoms with van der Waals surface area (Å²) >= 11 is 0. The summed E-state index contributed by atoms with van der Waals surface area (Å²) in [5, 5.41) is 37.7. The molecule has 0 bridgehead atoms. The molecule has 0 spiro atoms. The van der Waals surface area contributed by atoms with E-state index in [9.17, 15) is 47.9 Å². The van der Waals surface area contributed by atoms with Crippen molar-refractivity contribution in [3.63, 3.8) is 0 Å². The molecule has 0 aliphatic heterocycles. The van der Waals surface area contributed by atoms with Crippen molar-refractivity contribution in [1.29, 1.82) is 0 Å². The highest BCUT2D eigenvalue weighted by atomic mass is 33.1. The molecule has 0 fully saturated rings. The first kappa shape index (κ1) is 79.5. The van der Waals surface area contributed by atoms with E-state index in [-0.39, 0.29) is 73.7 Å². The van der Waals surface area contributed by atoms with Gasteiger partial charge in [-0.25, -0.2) is 19.0 Å². The van der Waals surface area contributed by atoms with Crippen molar-refractivity contribution in [2.45, 2.75) is 190 Å². The van der Waals surface area contributed by atoms with Crippen LogP contribution in [0.1, 0.15) is 127 Å². The summed E-state index contributed by atoms with van der Waals surface area (Å²) < 4.78 is 12.2. The van der Waals surface area contributed by atoms with E-state index in [4.69, 9.17) is 55.3 Å². The van der Waals surface area contributed by atoms with Crippen molar-refractivity contribution in [2.75, 3.05) is 65.0 Å². The summed E-state index contributed by atoms with van der Waals surface area (Å²) in [5.41, 5.74) is 46.9. The van der Waals surface area contributed by atoms with Gasteiger partial charge in [0.2, 0.25) is 47.3 Å². The smallest absolute Gasteiger partial charge is 0.329 e. The molecule has 8 atom stereocenters. The zero-order chi connectivity index (χ0) is 66.6. The second-order valence-corrected chi connectivity index (χ2v) is 23.9. The number of methoxy groups -OCH3 is 2. The highest BCUT2D eigenvalue weighted by Gasteiger charge is 2.28. The topological polar surface area (TPSA) is 555 Å². The molecule has 510 valence electrons. The van der Waals surface area contributed by atoms with Crippen LogP contribution in [0.25, 0.3) is 0 Å². The molecular formula is C54H100N22O12S2. The lowest BCUT2D eigenvalue weighted by Crippen LogP contribution is -2.51. The van der Waals surface area contributed by atoms with Crippen LogP contribution in [-0.2, 0) is 83.6 Å². The van der Waals surface area contributed by atoms with Crippen LogP contribution in [0.2, 0.25) is 0 Å². The molecule has 0 unspecified atom stereocenters. The van der Waals surface area contributed by atoms with E-state index >= 15 is 0 Å². The predicted molar refractivity (Wildman–Crippen MR) is 338 cm³/mol. The zero-order valence-electron chi connectivity index (χ0n) is 52.0. The number of ether oxygens (including phenoxy) is 2. The van der Waals surface area contributed by atoms with Crippen LogP contribution in [0, 0.1) is 0 Å². The number of nitrogens with zero attached hydrogens (tertiary/aromatic N) is 6. The van der Waals surface area contributed by atoms with Gasteiger partial charge < -0.3 is 97.9 Å². The molecule has 2 rings (SSSR count). The standard InChI is InChI=1S/C54H100N22O12S2/c1-87-53(85)43(67-45(77)31-75-29-35(71-73-75)27-65-51(83)41(69-49(81)39(61)17-5-11-23-57)19-7-13-25-63-47(79)37(59)15-3-9-21-55)33-89-90-34-44(54(86)88-2)68-46(78)32-76-30-36(72-74-76)28-66-52(84)42(70-50(82)40(62)18-6-12-24-58)20-8-14-26-64-48(80)38(60)16-4-10-22-56/h29-30,37-44H,3-28,31-34,55-62H2,1-2H3,(H,63,79)(H,64,80)(H,65,83)(H,66,84)(H,67,77)(H,68,78)(H,69,81)(H,70,82)/t37-,38-,39-,40-,41-,42-,43-,44-/m0/s1. The number of rotatable bonds is 51. The Morgan fingerprint density at radius 3 is 1.07 bits per heavy atom. The molecule has 0 aromatic carbocycles. The minimum Gasteiger partial charge on any atom is -0.467 e. The molecule has 34 nitrogen and oxygen atoms in total. The minimum absolute atomic E-state index is 0.0335. The van der Waals surface area contributed by atoms with Crippen LogP contribution in [-0.4, -0.2) is 203 Å². The summed E-state index contributed by atoms with van der Waals surface area (Å²) in [6, 6.07) is -7.32. The number of hydrogen-bond donors (Lipinski definition) is 16. The van der Waals surface area contributed by atoms with Crippen molar-refractivity contribution in [1.82, 2.24) is 72.5 Å². The first-order chi connectivity index (χ1) is 43.2. The summed E-state index contributed by atoms with van der Waals surface area (Å²) in [6.07, 6.45) is 12.6. The molecule has 0 saturated carbocycles. The Balaban J connectivity index is 1.95. The Hall–Kier alpha value is -6.64. The maximum Gasteiger partial charge on any atom is 0.329 e. The SMILES string of the molecule is COC(=O)[C@H](CSSC[C@H](NC(=O)Cn1cc(CNC(=O)[C@H](CCCCNC(=O)[C@@H](N)CCCCN)NC(=O)[C@@H](N)CCCCN)nn1)C(=O)OC)NC(=O)Cn1cc(CNC(=O)[C@H](CCCCNC(=O)[C@@H](N)CCCCN)NC(=O)[C@@H](N)CCCCN)nn1. The van der Waals surface area contributed by atoms with Gasteiger partial charge in [-0.05, 0) is 116 Å². The molecule has 2 aromatic rings. The van der Waals surface area contributed by atoms with Gasteiger partial charge in [-0.2, -0.15) is 0 Å². The van der Waals surface area contributed by atoms with Gasteiger partial charge in [-0.3, -0.25) is 38.4 Å². The molecule has 2 heterocycles. The van der Waals surface area contributed by atoms with E-state index in [0.29, 0.717) is 116 Å². The van der Waals surface area contributed by atoms with Crippen LogP contribution < -0.4 is 88.4 Å². The molecule has 0 saturated heterocycles. The lowest BCUT2D eigenvalue weighted by Gasteiger charge is -2.21. The van der Waals surface area contributed by atoms with Crippen molar-refractivity contribution in [3.05, 3.63) is 23.8 Å². The molecule has 90 heavy (non-hydrogen) atoms. The summed E-state index contributed by atoms with van der Waals surface area (Å²) in [7, 11) is 4.49. The van der Waals surface area contributed by atoms with Gasteiger partial charge in [0.25, 0.3) is 0 Å². The van der Waals surface area contributed by atoms with Crippen LogP contribution in [0.3, 0.4) is 0 Å². The van der Waals surface area contributed by atoms with E-state index in [1.165, 1.54) is 21.8 Å². The summed E-state index contributed by atoms with van der Waals surface area (Å²) in [4.78, 5) is 130. The second-order valence-electron chi connectivity index (χ2n) is 21.4. The molecule has 36 heteroatoms. The third-order valence-corrected chi connectivity index (χ3v) is 16.2. The third kappa shape index (κ3) is 34.0. The number of nitrogens with one attached hydrogen (secondary N) is 8. The quantitative estimate of drug-likeness (QED) is 0.0167. The van der Waals surface area contributed by atoms with Crippen molar-refractivity contribution < 1.29 is 57.4 Å². The first-order valence-electron chi connectivity index (χ1n) is 30.5. The Kier molecular flexibility index (Phi) is 41.8. The largest absolute Gasteiger partial charge is 0.467 e. The van der Waals surface area contributed by atoms with Gasteiger partial charge in [0.05, 0.1) is 63.9 Å². The number of nitrogens with two attached hydrogens (primary N) is 8. The van der Waals surface area contributed by atoms with Gasteiger partial charge in [-0.15, -0.1) is 10.2 Å². The van der Waals surface area contributed by atoms with E-state index in [0.717, 1.165) is 61.5 Å². The molecule has 0 aliphatic carbocycles. The maximum absolute atomic E-state index is 13.5.